The number of aryl methyl sites for hydroxylation is 2. The Balaban J connectivity index is 1.64. The molecule has 0 amide bonds. The highest BCUT2D eigenvalue weighted by Gasteiger charge is 2.11. The fourth-order valence-electron chi connectivity index (χ4n) is 2.39. The van der Waals surface area contributed by atoms with Crippen molar-refractivity contribution in [3.63, 3.8) is 0 Å². The van der Waals surface area contributed by atoms with Crippen molar-refractivity contribution in [1.82, 2.24) is 14.7 Å². The molecule has 1 aromatic carbocycles. The third kappa shape index (κ3) is 2.45. The van der Waals surface area contributed by atoms with E-state index in [1.807, 2.05) is 25.1 Å². The molecule has 0 aliphatic heterocycles. The normalized spacial score (nSPS) is 11.8. The van der Waals surface area contributed by atoms with Crippen LogP contribution in [-0.4, -0.2) is 14.7 Å². The average molecular weight is 323 g/mol. The molecule has 0 radical (unpaired) electrons. The number of aromatic nitrogens is 3. The first-order chi connectivity index (χ1) is 11.6. The van der Waals surface area contributed by atoms with Crippen LogP contribution in [0.3, 0.4) is 0 Å². The second-order valence-corrected chi connectivity index (χ2v) is 5.35. The quantitative estimate of drug-likeness (QED) is 0.575. The zero-order valence-corrected chi connectivity index (χ0v) is 13.0. The monoisotopic (exact) mass is 323 g/mol. The maximum atomic E-state index is 11.5. The van der Waals surface area contributed by atoms with Crippen LogP contribution in [0.5, 0.6) is 0 Å². The summed E-state index contributed by atoms with van der Waals surface area (Å²) in [4.78, 5) is 15.8. The topological polar surface area (TPSA) is 87.2 Å². The van der Waals surface area contributed by atoms with Gasteiger partial charge in [0.25, 0.3) is 5.89 Å². The molecule has 7 heteroatoms. The molecule has 0 bridgehead atoms. The third-order valence-electron chi connectivity index (χ3n) is 3.64. The molecule has 24 heavy (non-hydrogen) atoms. The number of nitrogens with zero attached hydrogens (tertiary/aromatic N) is 3. The molecule has 0 saturated heterocycles. The third-order valence-corrected chi connectivity index (χ3v) is 3.64. The van der Waals surface area contributed by atoms with E-state index in [9.17, 15) is 4.79 Å². The van der Waals surface area contributed by atoms with Gasteiger partial charge in [-0.1, -0.05) is 5.16 Å². The molecule has 120 valence electrons. The van der Waals surface area contributed by atoms with E-state index in [0.717, 1.165) is 5.76 Å². The van der Waals surface area contributed by atoms with Crippen molar-refractivity contribution in [3.05, 3.63) is 58.3 Å². The van der Waals surface area contributed by atoms with Gasteiger partial charge in [0.05, 0.1) is 5.52 Å². The molecule has 3 heterocycles. The predicted octanol–water partition coefficient (Wildman–Crippen LogP) is 3.25. The van der Waals surface area contributed by atoms with Gasteiger partial charge in [-0.2, -0.15) is 4.98 Å². The van der Waals surface area contributed by atoms with Crippen molar-refractivity contribution in [3.8, 4) is 11.4 Å². The Bertz CT molecular complexity index is 1110. The first kappa shape index (κ1) is 14.3. The van der Waals surface area contributed by atoms with Gasteiger partial charge >= 0.3 is 5.76 Å². The van der Waals surface area contributed by atoms with E-state index < -0.39 is 5.76 Å². The van der Waals surface area contributed by atoms with E-state index in [1.54, 1.807) is 31.3 Å². The Labute approximate surface area is 135 Å². The summed E-state index contributed by atoms with van der Waals surface area (Å²) in [6.07, 6.45) is 3.43. The fourth-order valence-corrected chi connectivity index (χ4v) is 2.39. The summed E-state index contributed by atoms with van der Waals surface area (Å²) in [5.41, 5.74) is 1.89. The van der Waals surface area contributed by atoms with Crippen LogP contribution in [0.1, 0.15) is 17.4 Å². The van der Waals surface area contributed by atoms with Crippen molar-refractivity contribution >= 4 is 23.3 Å². The second kappa shape index (κ2) is 5.38. The number of rotatable bonds is 3. The zero-order chi connectivity index (χ0) is 16.7. The number of benzene rings is 1. The van der Waals surface area contributed by atoms with E-state index in [2.05, 4.69) is 10.1 Å². The molecule has 0 spiro atoms. The number of hydrogen-bond acceptors (Lipinski definition) is 6. The standard InChI is InChI=1S/C17H13N3O4/c1-10-3-5-12(22-10)6-8-15-18-16(19-24-15)11-4-7-13-14(9-11)23-17(21)20(13)2/h3-9H,1-2H3. The Morgan fingerprint density at radius 1 is 1.12 bits per heavy atom. The number of hydrogen-bond donors (Lipinski definition) is 0. The van der Waals surface area contributed by atoms with Crippen molar-refractivity contribution in [2.75, 3.05) is 0 Å². The van der Waals surface area contributed by atoms with E-state index in [1.165, 1.54) is 4.57 Å². The largest absolute Gasteiger partial charge is 0.462 e. The first-order valence-corrected chi connectivity index (χ1v) is 7.28. The molecule has 0 atom stereocenters. The molecule has 0 saturated carbocycles. The highest BCUT2D eigenvalue weighted by atomic mass is 16.5. The molecular formula is C17H13N3O4. The summed E-state index contributed by atoms with van der Waals surface area (Å²) in [5, 5.41) is 3.95. The van der Waals surface area contributed by atoms with E-state index >= 15 is 0 Å². The summed E-state index contributed by atoms with van der Waals surface area (Å²) in [6.45, 7) is 1.88. The van der Waals surface area contributed by atoms with Crippen molar-refractivity contribution in [1.29, 1.82) is 0 Å². The smallest absolute Gasteiger partial charge is 0.419 e. The fraction of sp³-hybridized carbons (Fsp3) is 0.118. The maximum absolute atomic E-state index is 11.5. The van der Waals surface area contributed by atoms with Crippen LogP contribution in [0, 0.1) is 6.92 Å². The van der Waals surface area contributed by atoms with E-state index in [4.69, 9.17) is 13.4 Å². The van der Waals surface area contributed by atoms with Crippen LogP contribution in [0.25, 0.3) is 34.6 Å². The maximum Gasteiger partial charge on any atom is 0.419 e. The molecule has 7 nitrogen and oxygen atoms in total. The minimum Gasteiger partial charge on any atom is -0.462 e. The summed E-state index contributed by atoms with van der Waals surface area (Å²) in [5.74, 6) is 1.90. The van der Waals surface area contributed by atoms with Gasteiger partial charge in [0.2, 0.25) is 5.82 Å². The molecule has 0 N–H and O–H groups in total. The molecule has 4 aromatic rings. The molecule has 0 unspecified atom stereocenters. The second-order valence-electron chi connectivity index (χ2n) is 5.35. The Kier molecular flexibility index (Phi) is 3.19. The van der Waals surface area contributed by atoms with Gasteiger partial charge in [0.1, 0.15) is 11.5 Å². The Morgan fingerprint density at radius 2 is 2.00 bits per heavy atom. The minimum atomic E-state index is -0.410. The molecule has 0 aliphatic rings. The molecule has 0 fully saturated rings. The van der Waals surface area contributed by atoms with Crippen molar-refractivity contribution in [2.24, 2.45) is 7.05 Å². The van der Waals surface area contributed by atoms with Crippen LogP contribution in [0.4, 0.5) is 0 Å². The van der Waals surface area contributed by atoms with E-state index in [0.29, 0.717) is 34.1 Å². The molecule has 3 aromatic heterocycles. The van der Waals surface area contributed by atoms with Gasteiger partial charge in [0.15, 0.2) is 5.58 Å². The first-order valence-electron chi connectivity index (χ1n) is 7.28. The van der Waals surface area contributed by atoms with Gasteiger partial charge in [-0.15, -0.1) is 0 Å². The number of furan rings is 1. The lowest BCUT2D eigenvalue weighted by Gasteiger charge is -1.94. The van der Waals surface area contributed by atoms with Crippen molar-refractivity contribution < 1.29 is 13.4 Å². The minimum absolute atomic E-state index is 0.355. The van der Waals surface area contributed by atoms with E-state index in [-0.39, 0.29) is 0 Å². The summed E-state index contributed by atoms with van der Waals surface area (Å²) in [6, 6.07) is 9.04. The van der Waals surface area contributed by atoms with Gasteiger partial charge in [-0.3, -0.25) is 4.57 Å². The van der Waals surface area contributed by atoms with Crippen LogP contribution in [0.2, 0.25) is 0 Å². The van der Waals surface area contributed by atoms with Crippen molar-refractivity contribution in [2.45, 2.75) is 6.92 Å². The van der Waals surface area contributed by atoms with Gasteiger partial charge in [-0.25, -0.2) is 4.79 Å². The zero-order valence-electron chi connectivity index (χ0n) is 13.0. The molecule has 4 rings (SSSR count). The SMILES string of the molecule is Cc1ccc(C=Cc2nc(-c3ccc4c(c3)oc(=O)n4C)no2)o1. The van der Waals surface area contributed by atoms with Gasteiger partial charge < -0.3 is 13.4 Å². The average Bonchev–Trinajstić information content (AvgIpc) is 3.26. The number of fused-ring (bicyclic) bond motifs is 1. The molecule has 0 aliphatic carbocycles. The lowest BCUT2D eigenvalue weighted by atomic mass is 10.2. The van der Waals surface area contributed by atoms with Crippen LogP contribution >= 0.6 is 0 Å². The van der Waals surface area contributed by atoms with Crippen LogP contribution < -0.4 is 5.76 Å². The highest BCUT2D eigenvalue weighted by molar-refractivity contribution is 5.78. The summed E-state index contributed by atoms with van der Waals surface area (Å²) >= 11 is 0. The molecular weight excluding hydrogens is 310 g/mol. The van der Waals surface area contributed by atoms with Gasteiger partial charge in [-0.05, 0) is 43.3 Å². The lowest BCUT2D eigenvalue weighted by molar-refractivity contribution is 0.411. The van der Waals surface area contributed by atoms with Gasteiger partial charge in [0, 0.05) is 18.7 Å². The summed E-state index contributed by atoms with van der Waals surface area (Å²) < 4.78 is 17.2. The van der Waals surface area contributed by atoms with Crippen LogP contribution in [-0.2, 0) is 7.05 Å². The summed E-state index contributed by atoms with van der Waals surface area (Å²) in [7, 11) is 1.65. The lowest BCUT2D eigenvalue weighted by Crippen LogP contribution is -2.08. The van der Waals surface area contributed by atoms with Crippen LogP contribution in [0.15, 0.2) is 48.5 Å². The predicted molar refractivity (Wildman–Crippen MR) is 87.1 cm³/mol. The highest BCUT2D eigenvalue weighted by Crippen LogP contribution is 2.22. The Hall–Kier alpha value is -3.35. The number of oxazole rings is 1. The Morgan fingerprint density at radius 3 is 2.79 bits per heavy atom.